The largest absolute Gasteiger partial charge is 0.495 e. The van der Waals surface area contributed by atoms with Crippen molar-refractivity contribution in [3.63, 3.8) is 0 Å². The van der Waals surface area contributed by atoms with Crippen molar-refractivity contribution in [3.05, 3.63) is 35.5 Å². The van der Waals surface area contributed by atoms with Crippen LogP contribution in [-0.4, -0.2) is 39.9 Å². The van der Waals surface area contributed by atoms with E-state index >= 15 is 0 Å². The third kappa shape index (κ3) is 5.21. The zero-order valence-corrected chi connectivity index (χ0v) is 19.6. The molecule has 0 saturated carbocycles. The van der Waals surface area contributed by atoms with E-state index in [4.69, 9.17) is 4.74 Å². The first-order valence-electron chi connectivity index (χ1n) is 10.2. The molecule has 10 nitrogen and oxygen atoms in total. The molecule has 11 heteroatoms. The summed E-state index contributed by atoms with van der Waals surface area (Å²) >= 11 is 0. The average Bonchev–Trinajstić information content (AvgIpc) is 3.00. The first-order chi connectivity index (χ1) is 15.0. The molecule has 0 fully saturated rings. The average molecular weight is 467 g/mol. The molecule has 0 spiro atoms. The normalized spacial score (nSPS) is 19.1. The SMILES string of the molecule is CCC1(CC(NC=O)c2ccc(OC)c(S(=O)(=O)NC(=O)NC(C)C)c2)C(=O)NC=C1C. The van der Waals surface area contributed by atoms with Gasteiger partial charge >= 0.3 is 6.03 Å². The predicted octanol–water partition coefficient (Wildman–Crippen LogP) is 1.70. The van der Waals surface area contributed by atoms with Crippen molar-refractivity contribution in [1.82, 2.24) is 20.7 Å². The molecule has 2 atom stereocenters. The van der Waals surface area contributed by atoms with Gasteiger partial charge in [0.05, 0.1) is 18.6 Å². The number of sulfonamides is 1. The fraction of sp³-hybridized carbons (Fsp3) is 0.476. The molecule has 0 aromatic heterocycles. The van der Waals surface area contributed by atoms with Crippen LogP contribution in [-0.2, 0) is 19.6 Å². The highest BCUT2D eigenvalue weighted by molar-refractivity contribution is 7.90. The number of hydrogen-bond donors (Lipinski definition) is 4. The van der Waals surface area contributed by atoms with E-state index < -0.39 is 27.5 Å². The van der Waals surface area contributed by atoms with Crippen molar-refractivity contribution in [2.24, 2.45) is 5.41 Å². The first kappa shape index (κ1) is 25.2. The number of urea groups is 1. The summed E-state index contributed by atoms with van der Waals surface area (Å²) in [6.45, 7) is 7.10. The van der Waals surface area contributed by atoms with E-state index in [1.54, 1.807) is 26.1 Å². The van der Waals surface area contributed by atoms with Crippen LogP contribution < -0.4 is 25.4 Å². The van der Waals surface area contributed by atoms with Crippen molar-refractivity contribution in [3.8, 4) is 5.75 Å². The molecule has 1 aromatic carbocycles. The van der Waals surface area contributed by atoms with E-state index in [1.165, 1.54) is 19.2 Å². The van der Waals surface area contributed by atoms with Crippen molar-refractivity contribution < 1.29 is 27.5 Å². The Morgan fingerprint density at radius 3 is 2.50 bits per heavy atom. The fourth-order valence-corrected chi connectivity index (χ4v) is 4.88. The van der Waals surface area contributed by atoms with Crippen LogP contribution >= 0.6 is 0 Å². The molecule has 32 heavy (non-hydrogen) atoms. The molecular formula is C21H30N4O6S. The number of hydrogen-bond acceptors (Lipinski definition) is 6. The number of carbonyl (C=O) groups excluding carboxylic acids is 3. The molecule has 4 amide bonds. The van der Waals surface area contributed by atoms with Crippen LogP contribution in [0, 0.1) is 5.41 Å². The summed E-state index contributed by atoms with van der Waals surface area (Å²) in [6.07, 6.45) is 2.87. The topological polar surface area (TPSA) is 143 Å². The van der Waals surface area contributed by atoms with E-state index in [2.05, 4.69) is 16.0 Å². The summed E-state index contributed by atoms with van der Waals surface area (Å²) < 4.78 is 32.9. The maximum Gasteiger partial charge on any atom is 0.328 e. The standard InChI is InChI=1S/C21H30N4O6S/c1-6-21(14(4)11-22-19(21)27)10-16(23-12-26)15-7-8-17(31-5)18(9-15)32(29,30)25-20(28)24-13(2)3/h7-9,11-13,16H,6,10H2,1-5H3,(H,22,27)(H,23,26)(H2,24,25,28). The smallest absolute Gasteiger partial charge is 0.328 e. The monoisotopic (exact) mass is 466 g/mol. The Morgan fingerprint density at radius 1 is 1.31 bits per heavy atom. The lowest BCUT2D eigenvalue weighted by Gasteiger charge is -2.31. The van der Waals surface area contributed by atoms with Gasteiger partial charge in [-0.2, -0.15) is 0 Å². The molecule has 1 aliphatic heterocycles. The number of benzene rings is 1. The van der Waals surface area contributed by atoms with Gasteiger partial charge < -0.3 is 20.7 Å². The minimum atomic E-state index is -4.28. The Morgan fingerprint density at radius 2 is 2.00 bits per heavy atom. The fourth-order valence-electron chi connectivity index (χ4n) is 3.76. The first-order valence-corrected chi connectivity index (χ1v) is 11.7. The second-order valence-corrected chi connectivity index (χ2v) is 9.57. The second kappa shape index (κ2) is 10.0. The van der Waals surface area contributed by atoms with Crippen LogP contribution in [0.5, 0.6) is 5.75 Å². The third-order valence-corrected chi connectivity index (χ3v) is 6.91. The molecule has 0 aliphatic carbocycles. The molecule has 4 N–H and O–H groups in total. The zero-order chi connectivity index (χ0) is 24.1. The summed E-state index contributed by atoms with van der Waals surface area (Å²) in [5.74, 6) is -0.146. The number of carbonyl (C=O) groups is 3. The summed E-state index contributed by atoms with van der Waals surface area (Å²) in [5.41, 5.74) is 0.439. The Labute approximate surface area is 188 Å². The van der Waals surface area contributed by atoms with Gasteiger partial charge in [0.25, 0.3) is 10.0 Å². The van der Waals surface area contributed by atoms with Gasteiger partial charge in [-0.1, -0.05) is 13.0 Å². The minimum Gasteiger partial charge on any atom is -0.495 e. The second-order valence-electron chi connectivity index (χ2n) is 7.92. The molecule has 0 bridgehead atoms. The van der Waals surface area contributed by atoms with Crippen LogP contribution in [0.25, 0.3) is 0 Å². The predicted molar refractivity (Wildman–Crippen MR) is 118 cm³/mol. The van der Waals surface area contributed by atoms with Crippen LogP contribution in [0.1, 0.15) is 52.1 Å². The lowest BCUT2D eigenvalue weighted by atomic mass is 9.73. The summed E-state index contributed by atoms with van der Waals surface area (Å²) in [7, 11) is -2.97. The highest BCUT2D eigenvalue weighted by Crippen LogP contribution is 2.43. The molecule has 1 heterocycles. The van der Waals surface area contributed by atoms with Crippen molar-refractivity contribution in [1.29, 1.82) is 0 Å². The summed E-state index contributed by atoms with van der Waals surface area (Å²) in [4.78, 5) is 35.7. The molecule has 0 radical (unpaired) electrons. The van der Waals surface area contributed by atoms with E-state index in [0.29, 0.717) is 18.4 Å². The lowest BCUT2D eigenvalue weighted by molar-refractivity contribution is -0.128. The van der Waals surface area contributed by atoms with Gasteiger partial charge in [-0.05, 0) is 56.9 Å². The highest BCUT2D eigenvalue weighted by Gasteiger charge is 2.44. The van der Waals surface area contributed by atoms with Crippen LogP contribution in [0.3, 0.4) is 0 Å². The Kier molecular flexibility index (Phi) is 7.89. The molecule has 176 valence electrons. The number of methoxy groups -OCH3 is 1. The van der Waals surface area contributed by atoms with Crippen LogP contribution in [0.4, 0.5) is 4.79 Å². The Bertz CT molecular complexity index is 1020. The maximum atomic E-state index is 12.9. The van der Waals surface area contributed by atoms with Crippen LogP contribution in [0.15, 0.2) is 34.9 Å². The number of nitrogens with one attached hydrogen (secondary N) is 4. The van der Waals surface area contributed by atoms with Gasteiger partial charge in [0.15, 0.2) is 0 Å². The third-order valence-electron chi connectivity index (χ3n) is 5.56. The number of ether oxygens (including phenoxy) is 1. The van der Waals surface area contributed by atoms with Gasteiger partial charge in [-0.25, -0.2) is 17.9 Å². The summed E-state index contributed by atoms with van der Waals surface area (Å²) in [5, 5.41) is 7.85. The molecular weight excluding hydrogens is 436 g/mol. The minimum absolute atomic E-state index is 0.0309. The molecule has 1 aromatic rings. The van der Waals surface area contributed by atoms with Gasteiger partial charge in [0.1, 0.15) is 10.6 Å². The number of rotatable bonds is 10. The quantitative estimate of drug-likeness (QED) is 0.387. The van der Waals surface area contributed by atoms with Crippen molar-refractivity contribution in [2.45, 2.75) is 57.5 Å². The highest BCUT2D eigenvalue weighted by atomic mass is 32.2. The van der Waals surface area contributed by atoms with E-state index in [0.717, 1.165) is 5.57 Å². The zero-order valence-electron chi connectivity index (χ0n) is 18.8. The van der Waals surface area contributed by atoms with Crippen molar-refractivity contribution in [2.75, 3.05) is 7.11 Å². The van der Waals surface area contributed by atoms with E-state index in [1.807, 2.05) is 18.6 Å². The molecule has 2 rings (SSSR count). The maximum absolute atomic E-state index is 12.9. The van der Waals surface area contributed by atoms with Crippen LogP contribution in [0.2, 0.25) is 0 Å². The van der Waals surface area contributed by atoms with Gasteiger partial charge in [-0.3, -0.25) is 9.59 Å². The Balaban J connectivity index is 2.47. The van der Waals surface area contributed by atoms with E-state index in [9.17, 15) is 22.8 Å². The Hall–Kier alpha value is -3.08. The molecule has 0 saturated heterocycles. The van der Waals surface area contributed by atoms with Gasteiger partial charge in [-0.15, -0.1) is 0 Å². The van der Waals surface area contributed by atoms with Crippen molar-refractivity contribution >= 4 is 28.4 Å². The van der Waals surface area contributed by atoms with Gasteiger partial charge in [0, 0.05) is 12.2 Å². The molecule has 2 unspecified atom stereocenters. The lowest BCUT2D eigenvalue weighted by Crippen LogP contribution is -2.42. The number of amides is 4. The molecule has 1 aliphatic rings. The van der Waals surface area contributed by atoms with E-state index in [-0.39, 0.29) is 29.0 Å². The van der Waals surface area contributed by atoms with Gasteiger partial charge in [0.2, 0.25) is 12.3 Å². The summed E-state index contributed by atoms with van der Waals surface area (Å²) in [6, 6.07) is 2.59.